The SMILES string of the molecule is CCc1ccc(N(C)CCCC(=O)c2cccs2)cc1. The molecule has 0 N–H and O–H groups in total. The van der Waals surface area contributed by atoms with Gasteiger partial charge in [0, 0.05) is 25.7 Å². The van der Waals surface area contributed by atoms with Crippen LogP contribution in [0.4, 0.5) is 5.69 Å². The quantitative estimate of drug-likeness (QED) is 0.703. The lowest BCUT2D eigenvalue weighted by Gasteiger charge is -2.19. The Morgan fingerprint density at radius 1 is 1.20 bits per heavy atom. The highest BCUT2D eigenvalue weighted by molar-refractivity contribution is 7.12. The molecule has 106 valence electrons. The Morgan fingerprint density at radius 2 is 1.95 bits per heavy atom. The lowest BCUT2D eigenvalue weighted by atomic mass is 10.1. The highest BCUT2D eigenvalue weighted by atomic mass is 32.1. The molecule has 0 fully saturated rings. The monoisotopic (exact) mass is 287 g/mol. The maximum atomic E-state index is 11.9. The Labute approximate surface area is 125 Å². The molecule has 0 saturated heterocycles. The second-order valence-electron chi connectivity index (χ2n) is 4.95. The first-order chi connectivity index (χ1) is 9.70. The van der Waals surface area contributed by atoms with Gasteiger partial charge in [0.05, 0.1) is 4.88 Å². The Kier molecular flexibility index (Phi) is 5.36. The molecule has 1 aromatic heterocycles. The van der Waals surface area contributed by atoms with Gasteiger partial charge in [-0.15, -0.1) is 11.3 Å². The highest BCUT2D eigenvalue weighted by Crippen LogP contribution is 2.16. The standard InChI is InChI=1S/C17H21NOS/c1-3-14-8-10-15(11-9-14)18(2)12-4-6-16(19)17-7-5-13-20-17/h5,7-11,13H,3-4,6,12H2,1-2H3. The van der Waals surface area contributed by atoms with Crippen LogP contribution in [0.5, 0.6) is 0 Å². The van der Waals surface area contributed by atoms with Crippen molar-refractivity contribution in [3.8, 4) is 0 Å². The molecule has 0 radical (unpaired) electrons. The molecule has 20 heavy (non-hydrogen) atoms. The predicted molar refractivity (Wildman–Crippen MR) is 87.0 cm³/mol. The molecular formula is C17H21NOS. The van der Waals surface area contributed by atoms with Gasteiger partial charge >= 0.3 is 0 Å². The Bertz CT molecular complexity index is 531. The summed E-state index contributed by atoms with van der Waals surface area (Å²) in [6.45, 7) is 3.07. The maximum Gasteiger partial charge on any atom is 0.172 e. The van der Waals surface area contributed by atoms with Crippen LogP contribution in [-0.2, 0) is 6.42 Å². The normalized spacial score (nSPS) is 10.5. The zero-order chi connectivity index (χ0) is 14.4. The van der Waals surface area contributed by atoms with E-state index in [1.54, 1.807) is 0 Å². The van der Waals surface area contributed by atoms with Crippen molar-refractivity contribution in [1.29, 1.82) is 0 Å². The van der Waals surface area contributed by atoms with E-state index in [0.717, 1.165) is 24.3 Å². The molecule has 0 unspecified atom stereocenters. The van der Waals surface area contributed by atoms with Crippen LogP contribution >= 0.6 is 11.3 Å². The van der Waals surface area contributed by atoms with E-state index in [-0.39, 0.29) is 5.78 Å². The second kappa shape index (κ2) is 7.25. The van der Waals surface area contributed by atoms with Crippen molar-refractivity contribution >= 4 is 22.8 Å². The molecule has 2 nitrogen and oxygen atoms in total. The minimum Gasteiger partial charge on any atom is -0.375 e. The number of rotatable bonds is 7. The first-order valence-electron chi connectivity index (χ1n) is 7.07. The lowest BCUT2D eigenvalue weighted by Crippen LogP contribution is -2.19. The van der Waals surface area contributed by atoms with Gasteiger partial charge in [0.2, 0.25) is 0 Å². The molecule has 0 aliphatic heterocycles. The zero-order valence-electron chi connectivity index (χ0n) is 12.1. The first-order valence-corrected chi connectivity index (χ1v) is 7.95. The third-order valence-electron chi connectivity index (χ3n) is 3.48. The number of anilines is 1. The van der Waals surface area contributed by atoms with Gasteiger partial charge in [0.15, 0.2) is 5.78 Å². The van der Waals surface area contributed by atoms with Gasteiger partial charge < -0.3 is 4.90 Å². The molecule has 0 aliphatic rings. The first kappa shape index (κ1) is 14.8. The van der Waals surface area contributed by atoms with E-state index in [1.807, 2.05) is 17.5 Å². The highest BCUT2D eigenvalue weighted by Gasteiger charge is 2.07. The summed E-state index contributed by atoms with van der Waals surface area (Å²) in [5.74, 6) is 0.259. The molecule has 1 heterocycles. The van der Waals surface area contributed by atoms with Gasteiger partial charge in [-0.3, -0.25) is 4.79 Å². The van der Waals surface area contributed by atoms with Crippen LogP contribution < -0.4 is 4.90 Å². The van der Waals surface area contributed by atoms with Crippen molar-refractivity contribution in [2.45, 2.75) is 26.2 Å². The number of Topliss-reactive ketones (excluding diaryl/α,β-unsaturated/α-hetero) is 1. The minimum absolute atomic E-state index is 0.259. The molecule has 0 spiro atoms. The van der Waals surface area contributed by atoms with Gasteiger partial charge in [-0.2, -0.15) is 0 Å². The van der Waals surface area contributed by atoms with Crippen LogP contribution in [0.2, 0.25) is 0 Å². The number of hydrogen-bond acceptors (Lipinski definition) is 3. The number of aryl methyl sites for hydroxylation is 1. The number of nitrogens with zero attached hydrogens (tertiary/aromatic N) is 1. The van der Waals surface area contributed by atoms with Crippen molar-refractivity contribution in [2.24, 2.45) is 0 Å². The number of hydrogen-bond donors (Lipinski definition) is 0. The summed E-state index contributed by atoms with van der Waals surface area (Å²) >= 11 is 1.53. The van der Waals surface area contributed by atoms with E-state index in [4.69, 9.17) is 0 Å². The van der Waals surface area contributed by atoms with Crippen LogP contribution in [-0.4, -0.2) is 19.4 Å². The second-order valence-corrected chi connectivity index (χ2v) is 5.89. The van der Waals surface area contributed by atoms with Crippen LogP contribution in [0.3, 0.4) is 0 Å². The van der Waals surface area contributed by atoms with Gasteiger partial charge in [0.25, 0.3) is 0 Å². The zero-order valence-corrected chi connectivity index (χ0v) is 13.0. The van der Waals surface area contributed by atoms with E-state index < -0.39 is 0 Å². The van der Waals surface area contributed by atoms with E-state index >= 15 is 0 Å². The number of carbonyl (C=O) groups excluding carboxylic acids is 1. The van der Waals surface area contributed by atoms with E-state index in [9.17, 15) is 4.79 Å². The van der Waals surface area contributed by atoms with Crippen molar-refractivity contribution < 1.29 is 4.79 Å². The number of benzene rings is 1. The summed E-state index contributed by atoms with van der Waals surface area (Å²) in [5, 5.41) is 1.95. The topological polar surface area (TPSA) is 20.3 Å². The molecule has 3 heteroatoms. The van der Waals surface area contributed by atoms with Gasteiger partial charge in [-0.25, -0.2) is 0 Å². The average molecular weight is 287 g/mol. The Hall–Kier alpha value is -1.61. The Morgan fingerprint density at radius 3 is 2.55 bits per heavy atom. The third kappa shape index (κ3) is 3.94. The predicted octanol–water partition coefficient (Wildman–Crippen LogP) is 4.41. The molecule has 0 bridgehead atoms. The summed E-state index contributed by atoms with van der Waals surface area (Å²) in [6, 6.07) is 12.5. The summed E-state index contributed by atoms with van der Waals surface area (Å²) in [4.78, 5) is 15.0. The minimum atomic E-state index is 0.259. The molecule has 0 amide bonds. The lowest BCUT2D eigenvalue weighted by molar-refractivity contribution is 0.0984. The van der Waals surface area contributed by atoms with Crippen molar-refractivity contribution in [3.63, 3.8) is 0 Å². The van der Waals surface area contributed by atoms with Crippen LogP contribution in [0.1, 0.15) is 35.0 Å². The molecule has 0 aliphatic carbocycles. The number of carbonyl (C=O) groups is 1. The van der Waals surface area contributed by atoms with Crippen LogP contribution in [0.15, 0.2) is 41.8 Å². The summed E-state index contributed by atoms with van der Waals surface area (Å²) in [5.41, 5.74) is 2.57. The average Bonchev–Trinajstić information content (AvgIpc) is 3.01. The molecule has 0 atom stereocenters. The van der Waals surface area contributed by atoms with Gasteiger partial charge in [0.1, 0.15) is 0 Å². The van der Waals surface area contributed by atoms with Crippen LogP contribution in [0.25, 0.3) is 0 Å². The van der Waals surface area contributed by atoms with Gasteiger partial charge in [-0.1, -0.05) is 25.1 Å². The maximum absolute atomic E-state index is 11.9. The summed E-state index contributed by atoms with van der Waals surface area (Å²) in [7, 11) is 2.08. The smallest absolute Gasteiger partial charge is 0.172 e. The van der Waals surface area contributed by atoms with E-state index in [1.165, 1.54) is 22.6 Å². The third-order valence-corrected chi connectivity index (χ3v) is 4.39. The fourth-order valence-corrected chi connectivity index (χ4v) is 2.85. The molecule has 2 rings (SSSR count). The van der Waals surface area contributed by atoms with E-state index in [2.05, 4.69) is 43.1 Å². The van der Waals surface area contributed by atoms with Crippen molar-refractivity contribution in [1.82, 2.24) is 0 Å². The molecular weight excluding hydrogens is 266 g/mol. The number of thiophene rings is 1. The number of ketones is 1. The largest absolute Gasteiger partial charge is 0.375 e. The summed E-state index contributed by atoms with van der Waals surface area (Å²) in [6.07, 6.45) is 2.58. The molecule has 0 saturated carbocycles. The van der Waals surface area contributed by atoms with Crippen molar-refractivity contribution in [2.75, 3.05) is 18.5 Å². The Balaban J connectivity index is 1.79. The fraction of sp³-hybridized carbons (Fsp3) is 0.353. The van der Waals surface area contributed by atoms with E-state index in [0.29, 0.717) is 6.42 Å². The van der Waals surface area contributed by atoms with Gasteiger partial charge in [-0.05, 0) is 42.0 Å². The fourth-order valence-electron chi connectivity index (χ4n) is 2.15. The molecule has 1 aromatic carbocycles. The summed E-state index contributed by atoms with van der Waals surface area (Å²) < 4.78 is 0. The van der Waals surface area contributed by atoms with Crippen LogP contribution in [0, 0.1) is 0 Å². The van der Waals surface area contributed by atoms with Crippen molar-refractivity contribution in [3.05, 3.63) is 52.2 Å². The molecule has 2 aromatic rings.